The molecule has 0 unspecified atom stereocenters. The van der Waals surface area contributed by atoms with Gasteiger partial charge in [0, 0.05) is 44.1 Å². The first-order valence-electron chi connectivity index (χ1n) is 8.75. The number of carbonyl (C=O) groups is 1. The SMILES string of the molecule is COc1ccc(NC(=O)N2CC(N(C3CCOCC3)S(C)(=O)=O)C2)cc1F. The molecule has 0 bridgehead atoms. The van der Waals surface area contributed by atoms with Crippen LogP contribution in [0.2, 0.25) is 0 Å². The van der Waals surface area contributed by atoms with Crippen LogP contribution in [-0.4, -0.2) is 75.4 Å². The van der Waals surface area contributed by atoms with E-state index in [-0.39, 0.29) is 17.8 Å². The lowest BCUT2D eigenvalue weighted by molar-refractivity contribution is 0.0246. The zero-order valence-corrected chi connectivity index (χ0v) is 16.2. The summed E-state index contributed by atoms with van der Waals surface area (Å²) in [6.07, 6.45) is 2.51. The van der Waals surface area contributed by atoms with Gasteiger partial charge in [0.05, 0.1) is 19.4 Å². The van der Waals surface area contributed by atoms with Crippen molar-refractivity contribution in [2.75, 3.05) is 45.0 Å². The van der Waals surface area contributed by atoms with E-state index in [1.54, 1.807) is 6.07 Å². The van der Waals surface area contributed by atoms with Crippen LogP contribution in [0, 0.1) is 5.82 Å². The Morgan fingerprint density at radius 1 is 1.30 bits per heavy atom. The number of sulfonamides is 1. The number of rotatable bonds is 5. The third-order valence-electron chi connectivity index (χ3n) is 4.85. The van der Waals surface area contributed by atoms with Gasteiger partial charge in [0.2, 0.25) is 10.0 Å². The minimum atomic E-state index is -3.39. The summed E-state index contributed by atoms with van der Waals surface area (Å²) < 4.78 is 49.9. The Hall–Kier alpha value is -1.91. The molecule has 0 aliphatic carbocycles. The lowest BCUT2D eigenvalue weighted by atomic mass is 10.0. The predicted octanol–water partition coefficient (Wildman–Crippen LogP) is 1.49. The molecule has 8 nitrogen and oxygen atoms in total. The predicted molar refractivity (Wildman–Crippen MR) is 97.9 cm³/mol. The molecule has 2 heterocycles. The molecule has 1 aromatic rings. The number of urea groups is 1. The number of likely N-dealkylation sites (tertiary alicyclic amines) is 1. The molecule has 1 N–H and O–H groups in total. The molecule has 2 aliphatic heterocycles. The van der Waals surface area contributed by atoms with E-state index >= 15 is 0 Å². The van der Waals surface area contributed by atoms with Gasteiger partial charge in [-0.25, -0.2) is 17.6 Å². The van der Waals surface area contributed by atoms with Crippen LogP contribution in [0.25, 0.3) is 0 Å². The second-order valence-corrected chi connectivity index (χ2v) is 8.66. The van der Waals surface area contributed by atoms with Crippen LogP contribution in [0.4, 0.5) is 14.9 Å². The fourth-order valence-electron chi connectivity index (χ4n) is 3.51. The molecule has 2 saturated heterocycles. The van der Waals surface area contributed by atoms with Crippen LogP contribution in [0.15, 0.2) is 18.2 Å². The fraction of sp³-hybridized carbons (Fsp3) is 0.588. The number of benzene rings is 1. The molecular weight excluding hydrogens is 377 g/mol. The van der Waals surface area contributed by atoms with Gasteiger partial charge < -0.3 is 19.7 Å². The molecular formula is C17H24FN3O5S. The van der Waals surface area contributed by atoms with Crippen molar-refractivity contribution >= 4 is 21.7 Å². The number of nitrogens with zero attached hydrogens (tertiary/aromatic N) is 2. The first kappa shape index (κ1) is 19.8. The van der Waals surface area contributed by atoms with E-state index in [1.807, 2.05) is 0 Å². The molecule has 2 fully saturated rings. The molecule has 150 valence electrons. The van der Waals surface area contributed by atoms with Crippen LogP contribution in [0.1, 0.15) is 12.8 Å². The smallest absolute Gasteiger partial charge is 0.321 e. The van der Waals surface area contributed by atoms with Gasteiger partial charge in [-0.15, -0.1) is 0 Å². The molecule has 2 amide bonds. The van der Waals surface area contributed by atoms with Crippen LogP contribution < -0.4 is 10.1 Å². The van der Waals surface area contributed by atoms with Gasteiger partial charge in [-0.2, -0.15) is 4.31 Å². The van der Waals surface area contributed by atoms with Crippen molar-refractivity contribution in [3.8, 4) is 5.75 Å². The minimum Gasteiger partial charge on any atom is -0.494 e. The Morgan fingerprint density at radius 2 is 1.96 bits per heavy atom. The molecule has 2 aliphatic rings. The number of nitrogens with one attached hydrogen (secondary N) is 1. The summed E-state index contributed by atoms with van der Waals surface area (Å²) in [6.45, 7) is 1.68. The summed E-state index contributed by atoms with van der Waals surface area (Å²) in [5, 5.41) is 2.62. The summed E-state index contributed by atoms with van der Waals surface area (Å²) in [4.78, 5) is 13.8. The van der Waals surface area contributed by atoms with Gasteiger partial charge in [-0.1, -0.05) is 0 Å². The number of ether oxygens (including phenoxy) is 2. The highest BCUT2D eigenvalue weighted by atomic mass is 32.2. The molecule has 0 atom stereocenters. The van der Waals surface area contributed by atoms with E-state index in [0.29, 0.717) is 44.8 Å². The van der Waals surface area contributed by atoms with Crippen molar-refractivity contribution in [3.05, 3.63) is 24.0 Å². The number of amides is 2. The maximum Gasteiger partial charge on any atom is 0.321 e. The molecule has 10 heteroatoms. The maximum atomic E-state index is 13.7. The topological polar surface area (TPSA) is 88.2 Å². The van der Waals surface area contributed by atoms with Crippen molar-refractivity contribution in [1.82, 2.24) is 9.21 Å². The zero-order chi connectivity index (χ0) is 19.6. The van der Waals surface area contributed by atoms with E-state index < -0.39 is 21.9 Å². The molecule has 27 heavy (non-hydrogen) atoms. The summed E-state index contributed by atoms with van der Waals surface area (Å²) >= 11 is 0. The molecule has 0 radical (unpaired) electrons. The first-order valence-corrected chi connectivity index (χ1v) is 10.6. The van der Waals surface area contributed by atoms with Crippen LogP contribution in [-0.2, 0) is 14.8 Å². The molecule has 1 aromatic carbocycles. The van der Waals surface area contributed by atoms with E-state index in [1.165, 1.54) is 34.7 Å². The highest BCUT2D eigenvalue weighted by Gasteiger charge is 2.42. The number of carbonyl (C=O) groups excluding carboxylic acids is 1. The standard InChI is InChI=1S/C17H24FN3O5S/c1-25-16-4-3-12(9-15(16)18)19-17(22)20-10-14(11-20)21(27(2,23)24)13-5-7-26-8-6-13/h3-4,9,13-14H,5-8,10-11H2,1-2H3,(H,19,22). The summed E-state index contributed by atoms with van der Waals surface area (Å²) in [6, 6.07) is 3.42. The highest BCUT2D eigenvalue weighted by molar-refractivity contribution is 7.88. The van der Waals surface area contributed by atoms with Crippen molar-refractivity contribution < 1.29 is 27.1 Å². The Morgan fingerprint density at radius 3 is 2.52 bits per heavy atom. The van der Waals surface area contributed by atoms with Crippen LogP contribution in [0.3, 0.4) is 0 Å². The monoisotopic (exact) mass is 401 g/mol. The second-order valence-electron chi connectivity index (χ2n) is 6.77. The number of hydrogen-bond acceptors (Lipinski definition) is 5. The van der Waals surface area contributed by atoms with Crippen LogP contribution >= 0.6 is 0 Å². The van der Waals surface area contributed by atoms with Gasteiger partial charge in [0.1, 0.15) is 0 Å². The number of methoxy groups -OCH3 is 1. The average molecular weight is 401 g/mol. The third kappa shape index (κ3) is 4.50. The van der Waals surface area contributed by atoms with E-state index in [2.05, 4.69) is 5.32 Å². The minimum absolute atomic E-state index is 0.0947. The van der Waals surface area contributed by atoms with Crippen molar-refractivity contribution in [2.24, 2.45) is 0 Å². The molecule has 0 aromatic heterocycles. The quantitative estimate of drug-likeness (QED) is 0.808. The summed E-state index contributed by atoms with van der Waals surface area (Å²) in [5.74, 6) is -0.475. The van der Waals surface area contributed by atoms with E-state index in [4.69, 9.17) is 9.47 Å². The normalized spacial score (nSPS) is 19.0. The summed E-state index contributed by atoms with van der Waals surface area (Å²) in [5.41, 5.74) is 0.311. The van der Waals surface area contributed by atoms with Crippen molar-refractivity contribution in [3.63, 3.8) is 0 Å². The third-order valence-corrected chi connectivity index (χ3v) is 6.21. The Balaban J connectivity index is 1.60. The Kier molecular flexibility index (Phi) is 5.87. The van der Waals surface area contributed by atoms with E-state index in [0.717, 1.165) is 0 Å². The van der Waals surface area contributed by atoms with Gasteiger partial charge in [-0.3, -0.25) is 0 Å². The number of hydrogen-bond donors (Lipinski definition) is 1. The maximum absolute atomic E-state index is 13.7. The van der Waals surface area contributed by atoms with Gasteiger partial charge in [0.15, 0.2) is 11.6 Å². The Bertz CT molecular complexity index is 792. The van der Waals surface area contributed by atoms with Crippen molar-refractivity contribution in [1.29, 1.82) is 0 Å². The van der Waals surface area contributed by atoms with Gasteiger partial charge in [0.25, 0.3) is 0 Å². The van der Waals surface area contributed by atoms with Crippen LogP contribution in [0.5, 0.6) is 5.75 Å². The second kappa shape index (κ2) is 7.99. The van der Waals surface area contributed by atoms with Gasteiger partial charge in [-0.05, 0) is 25.0 Å². The molecule has 0 saturated carbocycles. The summed E-state index contributed by atoms with van der Waals surface area (Å²) in [7, 11) is -2.03. The van der Waals surface area contributed by atoms with E-state index in [9.17, 15) is 17.6 Å². The molecule has 0 spiro atoms. The highest BCUT2D eigenvalue weighted by Crippen LogP contribution is 2.27. The largest absolute Gasteiger partial charge is 0.494 e. The Labute approximate surface area is 158 Å². The average Bonchev–Trinajstić information content (AvgIpc) is 2.57. The number of anilines is 1. The van der Waals surface area contributed by atoms with Gasteiger partial charge >= 0.3 is 6.03 Å². The zero-order valence-electron chi connectivity index (χ0n) is 15.4. The number of halogens is 1. The fourth-order valence-corrected chi connectivity index (χ4v) is 4.94. The molecule has 3 rings (SSSR count). The lowest BCUT2D eigenvalue weighted by Gasteiger charge is -2.47. The first-order chi connectivity index (χ1) is 12.8. The lowest BCUT2D eigenvalue weighted by Crippen LogP contribution is -2.65. The van der Waals surface area contributed by atoms with Crippen molar-refractivity contribution in [2.45, 2.75) is 24.9 Å².